The van der Waals surface area contributed by atoms with Gasteiger partial charge in [-0.2, -0.15) is 0 Å². The van der Waals surface area contributed by atoms with Crippen LogP contribution in [0.5, 0.6) is 11.5 Å². The van der Waals surface area contributed by atoms with Crippen LogP contribution < -0.4 is 10.1 Å². The number of aliphatic hydroxyl groups is 1. The highest BCUT2D eigenvalue weighted by atomic mass is 16.5. The van der Waals surface area contributed by atoms with Gasteiger partial charge >= 0.3 is 0 Å². The fourth-order valence-corrected chi connectivity index (χ4v) is 2.03. The predicted octanol–water partition coefficient (Wildman–Crippen LogP) is 0.803. The van der Waals surface area contributed by atoms with Gasteiger partial charge in [0.25, 0.3) is 0 Å². The Morgan fingerprint density at radius 2 is 2.05 bits per heavy atom. The number of aromatic hydroxyl groups is 1. The van der Waals surface area contributed by atoms with E-state index in [1.54, 1.807) is 32.2 Å². The maximum atomic E-state index is 10.1. The highest BCUT2D eigenvalue weighted by molar-refractivity contribution is 5.39. The molecule has 0 radical (unpaired) electrons. The Balaban J connectivity index is 2.53. The quantitative estimate of drug-likeness (QED) is 0.683. The minimum Gasteiger partial charge on any atom is -0.508 e. The van der Waals surface area contributed by atoms with E-state index in [9.17, 15) is 10.2 Å². The number of hydrogen-bond acceptors (Lipinski definition) is 5. The first-order chi connectivity index (χ1) is 8.84. The number of likely N-dealkylation sites (N-methyl/N-ethyl adjacent to an activating group) is 1. The second-order valence-electron chi connectivity index (χ2n) is 5.33. The lowest BCUT2D eigenvalue weighted by molar-refractivity contribution is 0.0335. The standard InChI is InChI=1S/C14H24N2O3/c1-14(18,10-16(2)3)9-15-8-11-7-12(19-4)5-6-13(11)17/h5-7,15,17-18H,8-10H2,1-4H3. The first-order valence-electron chi connectivity index (χ1n) is 6.28. The Labute approximate surface area is 114 Å². The molecule has 0 aliphatic rings. The lowest BCUT2D eigenvalue weighted by Crippen LogP contribution is -2.45. The van der Waals surface area contributed by atoms with Crippen molar-refractivity contribution in [2.45, 2.75) is 19.1 Å². The van der Waals surface area contributed by atoms with Crippen molar-refractivity contribution in [3.63, 3.8) is 0 Å². The zero-order valence-corrected chi connectivity index (χ0v) is 12.1. The summed E-state index contributed by atoms with van der Waals surface area (Å²) in [6.45, 7) is 3.28. The van der Waals surface area contributed by atoms with E-state index in [0.29, 0.717) is 25.4 Å². The predicted molar refractivity (Wildman–Crippen MR) is 75.5 cm³/mol. The maximum Gasteiger partial charge on any atom is 0.120 e. The number of ether oxygens (including phenoxy) is 1. The molecule has 0 bridgehead atoms. The van der Waals surface area contributed by atoms with Crippen molar-refractivity contribution in [3.8, 4) is 11.5 Å². The molecule has 0 aliphatic heterocycles. The van der Waals surface area contributed by atoms with Gasteiger partial charge in [0.1, 0.15) is 11.5 Å². The van der Waals surface area contributed by atoms with Crippen molar-refractivity contribution in [2.24, 2.45) is 0 Å². The van der Waals surface area contributed by atoms with Crippen molar-refractivity contribution in [1.82, 2.24) is 10.2 Å². The number of nitrogens with zero attached hydrogens (tertiary/aromatic N) is 1. The van der Waals surface area contributed by atoms with Gasteiger partial charge in [-0.25, -0.2) is 0 Å². The molecule has 1 rings (SSSR count). The van der Waals surface area contributed by atoms with Crippen molar-refractivity contribution < 1.29 is 14.9 Å². The van der Waals surface area contributed by atoms with E-state index in [2.05, 4.69) is 5.32 Å². The molecule has 0 spiro atoms. The largest absolute Gasteiger partial charge is 0.508 e. The Morgan fingerprint density at radius 1 is 1.37 bits per heavy atom. The third-order valence-electron chi connectivity index (χ3n) is 2.76. The molecule has 3 N–H and O–H groups in total. The fraction of sp³-hybridized carbons (Fsp3) is 0.571. The van der Waals surface area contributed by atoms with Gasteiger partial charge in [-0.3, -0.25) is 0 Å². The van der Waals surface area contributed by atoms with Gasteiger partial charge in [0.15, 0.2) is 0 Å². The van der Waals surface area contributed by atoms with Crippen LogP contribution in [0.1, 0.15) is 12.5 Å². The van der Waals surface area contributed by atoms with Crippen LogP contribution in [-0.2, 0) is 6.54 Å². The molecule has 1 aromatic carbocycles. The van der Waals surface area contributed by atoms with E-state index in [4.69, 9.17) is 4.74 Å². The Kier molecular flexibility index (Phi) is 5.60. The highest BCUT2D eigenvalue weighted by Crippen LogP contribution is 2.22. The van der Waals surface area contributed by atoms with Crippen molar-refractivity contribution in [3.05, 3.63) is 23.8 Å². The van der Waals surface area contributed by atoms with Crippen LogP contribution in [0.2, 0.25) is 0 Å². The molecule has 19 heavy (non-hydrogen) atoms. The van der Waals surface area contributed by atoms with Gasteiger partial charge in [0.05, 0.1) is 12.7 Å². The molecule has 0 saturated heterocycles. The van der Waals surface area contributed by atoms with E-state index in [1.807, 2.05) is 19.0 Å². The molecule has 0 saturated carbocycles. The number of nitrogens with one attached hydrogen (secondary N) is 1. The van der Waals surface area contributed by atoms with Crippen molar-refractivity contribution in [2.75, 3.05) is 34.3 Å². The summed E-state index contributed by atoms with van der Waals surface area (Å²) in [5.41, 5.74) is -0.0576. The lowest BCUT2D eigenvalue weighted by atomic mass is 10.1. The van der Waals surface area contributed by atoms with Gasteiger partial charge in [0.2, 0.25) is 0 Å². The van der Waals surface area contributed by atoms with Gasteiger partial charge in [-0.1, -0.05) is 0 Å². The highest BCUT2D eigenvalue weighted by Gasteiger charge is 2.20. The molecular weight excluding hydrogens is 244 g/mol. The number of phenolic OH excluding ortho intramolecular Hbond substituents is 1. The topological polar surface area (TPSA) is 65.0 Å². The molecule has 1 unspecified atom stereocenters. The monoisotopic (exact) mass is 268 g/mol. The third kappa shape index (κ3) is 5.46. The molecule has 0 heterocycles. The van der Waals surface area contributed by atoms with Gasteiger partial charge < -0.3 is 25.2 Å². The lowest BCUT2D eigenvalue weighted by Gasteiger charge is -2.27. The van der Waals surface area contributed by atoms with E-state index < -0.39 is 5.60 Å². The number of hydrogen-bond donors (Lipinski definition) is 3. The molecule has 5 nitrogen and oxygen atoms in total. The molecule has 1 atom stereocenters. The van der Waals surface area contributed by atoms with Crippen LogP contribution in [0.15, 0.2) is 18.2 Å². The summed E-state index contributed by atoms with van der Waals surface area (Å²) in [6, 6.07) is 5.10. The normalized spacial score (nSPS) is 14.4. The second-order valence-corrected chi connectivity index (χ2v) is 5.33. The number of benzene rings is 1. The Hall–Kier alpha value is -1.30. The van der Waals surface area contributed by atoms with Gasteiger partial charge in [-0.15, -0.1) is 0 Å². The van der Waals surface area contributed by atoms with Crippen LogP contribution in [0.25, 0.3) is 0 Å². The van der Waals surface area contributed by atoms with Crippen molar-refractivity contribution in [1.29, 1.82) is 0 Å². The zero-order chi connectivity index (χ0) is 14.5. The molecule has 5 heteroatoms. The van der Waals surface area contributed by atoms with E-state index in [-0.39, 0.29) is 5.75 Å². The SMILES string of the molecule is COc1ccc(O)c(CNCC(C)(O)CN(C)C)c1. The van der Waals surface area contributed by atoms with Gasteiger partial charge in [-0.05, 0) is 39.2 Å². The number of rotatable bonds is 7. The Bertz CT molecular complexity index is 406. The van der Waals surface area contributed by atoms with E-state index >= 15 is 0 Å². The maximum absolute atomic E-state index is 10.1. The smallest absolute Gasteiger partial charge is 0.120 e. The molecule has 0 fully saturated rings. The van der Waals surface area contributed by atoms with E-state index in [1.165, 1.54) is 0 Å². The van der Waals surface area contributed by atoms with Crippen LogP contribution >= 0.6 is 0 Å². The van der Waals surface area contributed by atoms with Gasteiger partial charge in [0, 0.05) is 25.2 Å². The summed E-state index contributed by atoms with van der Waals surface area (Å²) >= 11 is 0. The molecule has 108 valence electrons. The molecule has 0 amide bonds. The molecular formula is C14H24N2O3. The molecule has 0 aliphatic carbocycles. The molecule has 0 aromatic heterocycles. The summed E-state index contributed by atoms with van der Waals surface area (Å²) in [5, 5.41) is 23.0. The summed E-state index contributed by atoms with van der Waals surface area (Å²) < 4.78 is 5.11. The minimum atomic E-state index is -0.808. The Morgan fingerprint density at radius 3 is 2.63 bits per heavy atom. The number of phenols is 1. The fourth-order valence-electron chi connectivity index (χ4n) is 2.03. The van der Waals surface area contributed by atoms with Crippen LogP contribution in [-0.4, -0.2) is 55.0 Å². The van der Waals surface area contributed by atoms with Crippen LogP contribution in [0.4, 0.5) is 0 Å². The van der Waals surface area contributed by atoms with E-state index in [0.717, 1.165) is 5.56 Å². The zero-order valence-electron chi connectivity index (χ0n) is 12.1. The van der Waals surface area contributed by atoms with Crippen LogP contribution in [0, 0.1) is 0 Å². The summed E-state index contributed by atoms with van der Waals surface area (Å²) in [6.07, 6.45) is 0. The summed E-state index contributed by atoms with van der Waals surface area (Å²) in [5.74, 6) is 0.926. The first kappa shape index (κ1) is 15.8. The summed E-state index contributed by atoms with van der Waals surface area (Å²) in [4.78, 5) is 1.94. The third-order valence-corrected chi connectivity index (χ3v) is 2.76. The summed E-state index contributed by atoms with van der Waals surface area (Å²) in [7, 11) is 5.43. The second kappa shape index (κ2) is 6.75. The average Bonchev–Trinajstić information content (AvgIpc) is 2.29. The van der Waals surface area contributed by atoms with Crippen molar-refractivity contribution >= 4 is 0 Å². The van der Waals surface area contributed by atoms with Crippen LogP contribution in [0.3, 0.4) is 0 Å². The average molecular weight is 268 g/mol. The number of methoxy groups -OCH3 is 1. The first-order valence-corrected chi connectivity index (χ1v) is 6.28. The minimum absolute atomic E-state index is 0.223. The molecule has 1 aromatic rings.